The molecular weight excluding hydrogens is 354 g/mol. The zero-order valence-corrected chi connectivity index (χ0v) is 15.9. The number of ether oxygens (including phenoxy) is 1. The lowest BCUT2D eigenvalue weighted by atomic mass is 10.3. The standard InChI is InChI=1S/C16H25N7O2S/c1-13(26-16-18-19-20-23(16)14-3-4-14)15(24)22(6-2-5-17)8-7-21-9-11-25-12-10-21/h13-14H,2-4,6-12H2,1H3/t13-/m1/s1. The molecule has 0 bridgehead atoms. The van der Waals surface area contributed by atoms with Gasteiger partial charge in [-0.25, -0.2) is 4.68 Å². The topological polar surface area (TPSA) is 100 Å². The quantitative estimate of drug-likeness (QED) is 0.574. The van der Waals surface area contributed by atoms with Crippen molar-refractivity contribution in [3.05, 3.63) is 0 Å². The summed E-state index contributed by atoms with van der Waals surface area (Å²) in [6.45, 7) is 7.02. The highest BCUT2D eigenvalue weighted by Crippen LogP contribution is 2.37. The van der Waals surface area contributed by atoms with Crippen molar-refractivity contribution in [2.75, 3.05) is 45.9 Å². The Morgan fingerprint density at radius 2 is 2.19 bits per heavy atom. The second kappa shape index (κ2) is 9.30. The third-order valence-electron chi connectivity index (χ3n) is 4.58. The van der Waals surface area contributed by atoms with E-state index in [1.165, 1.54) is 11.8 Å². The van der Waals surface area contributed by atoms with Gasteiger partial charge >= 0.3 is 0 Å². The fraction of sp³-hybridized carbons (Fsp3) is 0.812. The van der Waals surface area contributed by atoms with Gasteiger partial charge in [-0.1, -0.05) is 11.8 Å². The van der Waals surface area contributed by atoms with Crippen LogP contribution in [0.15, 0.2) is 5.16 Å². The van der Waals surface area contributed by atoms with Gasteiger partial charge in [-0.05, 0) is 30.2 Å². The number of morpholine rings is 1. The van der Waals surface area contributed by atoms with Gasteiger partial charge in [-0.2, -0.15) is 5.26 Å². The molecule has 2 fully saturated rings. The van der Waals surface area contributed by atoms with Crippen molar-refractivity contribution >= 4 is 17.7 Å². The molecule has 0 aromatic carbocycles. The Balaban J connectivity index is 1.56. The van der Waals surface area contributed by atoms with E-state index >= 15 is 0 Å². The van der Waals surface area contributed by atoms with Crippen LogP contribution in [0.4, 0.5) is 0 Å². The van der Waals surface area contributed by atoms with Crippen molar-refractivity contribution in [1.82, 2.24) is 30.0 Å². The third-order valence-corrected chi connectivity index (χ3v) is 5.62. The fourth-order valence-corrected chi connectivity index (χ4v) is 3.82. The predicted molar refractivity (Wildman–Crippen MR) is 95.5 cm³/mol. The first-order chi connectivity index (χ1) is 12.7. The number of carbonyl (C=O) groups is 1. The number of thioether (sulfide) groups is 1. The molecule has 9 nitrogen and oxygen atoms in total. The van der Waals surface area contributed by atoms with Crippen LogP contribution in [0.3, 0.4) is 0 Å². The molecule has 1 atom stereocenters. The molecule has 142 valence electrons. The average Bonchev–Trinajstić information content (AvgIpc) is 3.41. The lowest BCUT2D eigenvalue weighted by molar-refractivity contribution is -0.130. The highest BCUT2D eigenvalue weighted by Gasteiger charge is 2.30. The molecule has 0 unspecified atom stereocenters. The van der Waals surface area contributed by atoms with Gasteiger partial charge in [0.25, 0.3) is 0 Å². The molecule has 1 aromatic rings. The number of hydrogen-bond donors (Lipinski definition) is 0. The van der Waals surface area contributed by atoms with Crippen LogP contribution in [0.1, 0.15) is 32.2 Å². The summed E-state index contributed by atoms with van der Waals surface area (Å²) in [4.78, 5) is 17.0. The second-order valence-electron chi connectivity index (χ2n) is 6.58. The number of hydrogen-bond acceptors (Lipinski definition) is 8. The van der Waals surface area contributed by atoms with Crippen molar-refractivity contribution in [3.63, 3.8) is 0 Å². The normalized spacial score (nSPS) is 19.1. The zero-order valence-electron chi connectivity index (χ0n) is 15.1. The highest BCUT2D eigenvalue weighted by molar-refractivity contribution is 8.00. The maximum atomic E-state index is 12.9. The van der Waals surface area contributed by atoms with Gasteiger partial charge < -0.3 is 9.64 Å². The monoisotopic (exact) mass is 379 g/mol. The van der Waals surface area contributed by atoms with E-state index in [1.54, 1.807) is 4.90 Å². The molecule has 1 amide bonds. The van der Waals surface area contributed by atoms with Gasteiger partial charge in [-0.3, -0.25) is 9.69 Å². The third kappa shape index (κ3) is 5.16. The van der Waals surface area contributed by atoms with E-state index in [4.69, 9.17) is 10.00 Å². The van der Waals surface area contributed by atoms with Crippen LogP contribution >= 0.6 is 11.8 Å². The average molecular weight is 379 g/mol. The summed E-state index contributed by atoms with van der Waals surface area (Å²) in [5.74, 6) is 0.0313. The van der Waals surface area contributed by atoms with Crippen LogP contribution in [0.5, 0.6) is 0 Å². The maximum absolute atomic E-state index is 12.9. The number of amides is 1. The Bertz CT molecular complexity index is 637. The fourth-order valence-electron chi connectivity index (χ4n) is 2.88. The molecule has 3 rings (SSSR count). The minimum atomic E-state index is -0.290. The van der Waals surface area contributed by atoms with Crippen molar-refractivity contribution < 1.29 is 9.53 Å². The summed E-state index contributed by atoms with van der Waals surface area (Å²) >= 11 is 1.40. The number of rotatable bonds is 9. The van der Waals surface area contributed by atoms with E-state index in [9.17, 15) is 4.79 Å². The van der Waals surface area contributed by atoms with Crippen molar-refractivity contribution in [2.24, 2.45) is 0 Å². The maximum Gasteiger partial charge on any atom is 0.235 e. The summed E-state index contributed by atoms with van der Waals surface area (Å²) in [6, 6.07) is 2.52. The van der Waals surface area contributed by atoms with Crippen LogP contribution < -0.4 is 0 Å². The Kier molecular flexibility index (Phi) is 6.82. The van der Waals surface area contributed by atoms with Gasteiger partial charge in [0.1, 0.15) is 0 Å². The molecule has 2 aliphatic rings. The summed E-state index contributed by atoms with van der Waals surface area (Å²) in [5, 5.41) is 21.2. The molecule has 0 radical (unpaired) electrons. The van der Waals surface area contributed by atoms with E-state index in [-0.39, 0.29) is 11.2 Å². The van der Waals surface area contributed by atoms with Gasteiger partial charge in [0.2, 0.25) is 11.1 Å². The van der Waals surface area contributed by atoms with Gasteiger partial charge in [-0.15, -0.1) is 5.10 Å². The smallest absolute Gasteiger partial charge is 0.235 e. The Morgan fingerprint density at radius 3 is 2.88 bits per heavy atom. The first-order valence-electron chi connectivity index (χ1n) is 9.09. The minimum Gasteiger partial charge on any atom is -0.379 e. The van der Waals surface area contributed by atoms with Crippen LogP contribution in [0.25, 0.3) is 0 Å². The predicted octanol–water partition coefficient (Wildman–Crippen LogP) is 0.563. The van der Waals surface area contributed by atoms with E-state index in [2.05, 4.69) is 26.5 Å². The second-order valence-corrected chi connectivity index (χ2v) is 7.89. The Hall–Kier alpha value is -1.70. The minimum absolute atomic E-state index is 0.0313. The molecule has 0 N–H and O–H groups in total. The van der Waals surface area contributed by atoms with Crippen molar-refractivity contribution in [1.29, 1.82) is 5.26 Å². The van der Waals surface area contributed by atoms with Crippen LogP contribution in [0.2, 0.25) is 0 Å². The number of nitriles is 1. The molecule has 0 spiro atoms. The number of nitrogens with zero attached hydrogens (tertiary/aromatic N) is 7. The Morgan fingerprint density at radius 1 is 1.42 bits per heavy atom. The number of aromatic nitrogens is 4. The molecule has 2 heterocycles. The van der Waals surface area contributed by atoms with Crippen LogP contribution in [0, 0.1) is 11.3 Å². The molecule has 1 aliphatic heterocycles. The summed E-state index contributed by atoms with van der Waals surface area (Å²) in [5.41, 5.74) is 0. The summed E-state index contributed by atoms with van der Waals surface area (Å²) in [7, 11) is 0. The molecule has 1 aliphatic carbocycles. The molecular formula is C16H25N7O2S. The Labute approximate surface area is 157 Å². The van der Waals surface area contributed by atoms with Crippen molar-refractivity contribution in [2.45, 2.75) is 42.6 Å². The largest absolute Gasteiger partial charge is 0.379 e. The highest BCUT2D eigenvalue weighted by atomic mass is 32.2. The first-order valence-corrected chi connectivity index (χ1v) is 9.97. The lowest BCUT2D eigenvalue weighted by Crippen LogP contribution is -2.45. The molecule has 1 saturated heterocycles. The zero-order chi connectivity index (χ0) is 18.4. The van der Waals surface area contributed by atoms with Gasteiger partial charge in [0, 0.05) is 32.7 Å². The van der Waals surface area contributed by atoms with Crippen LogP contribution in [-0.2, 0) is 9.53 Å². The van der Waals surface area contributed by atoms with E-state index in [1.807, 2.05) is 11.6 Å². The number of tetrazole rings is 1. The molecule has 10 heteroatoms. The van der Waals surface area contributed by atoms with E-state index < -0.39 is 0 Å². The van der Waals surface area contributed by atoms with Gasteiger partial charge in [0.05, 0.1) is 37.0 Å². The van der Waals surface area contributed by atoms with Crippen LogP contribution in [-0.4, -0.2) is 87.1 Å². The molecule has 1 aromatic heterocycles. The SMILES string of the molecule is C[C@@H](Sc1nnnn1C1CC1)C(=O)N(CCC#N)CCN1CCOCC1. The summed E-state index contributed by atoms with van der Waals surface area (Å²) < 4.78 is 7.18. The van der Waals surface area contributed by atoms with E-state index in [0.717, 1.165) is 45.7 Å². The summed E-state index contributed by atoms with van der Waals surface area (Å²) in [6.07, 6.45) is 2.52. The first kappa shape index (κ1) is 19.1. The van der Waals surface area contributed by atoms with Gasteiger partial charge in [0.15, 0.2) is 0 Å². The molecule has 26 heavy (non-hydrogen) atoms. The lowest BCUT2D eigenvalue weighted by Gasteiger charge is -2.30. The number of carbonyl (C=O) groups excluding carboxylic acids is 1. The molecule has 1 saturated carbocycles. The van der Waals surface area contributed by atoms with Crippen molar-refractivity contribution in [3.8, 4) is 6.07 Å². The van der Waals surface area contributed by atoms with E-state index in [0.29, 0.717) is 30.7 Å².